The van der Waals surface area contributed by atoms with Gasteiger partial charge in [-0.25, -0.2) is 4.99 Å². The number of aliphatic imine (C=N–C) groups is 1. The van der Waals surface area contributed by atoms with Gasteiger partial charge in [0.1, 0.15) is 0 Å². The quantitative estimate of drug-likeness (QED) is 0.180. The van der Waals surface area contributed by atoms with Crippen LogP contribution >= 0.6 is 0 Å². The number of hydrogen-bond donors (Lipinski definition) is 1. The molecule has 0 fully saturated rings. The lowest BCUT2D eigenvalue weighted by molar-refractivity contribution is 0.805. The van der Waals surface area contributed by atoms with Gasteiger partial charge in [0.15, 0.2) is 0 Å². The summed E-state index contributed by atoms with van der Waals surface area (Å²) >= 11 is 0. The van der Waals surface area contributed by atoms with Crippen LogP contribution in [-0.4, -0.2) is 21.1 Å². The lowest BCUT2D eigenvalue weighted by atomic mass is 9.89. The monoisotopic (exact) mass is 688 g/mol. The predicted molar refractivity (Wildman–Crippen MR) is 228 cm³/mol. The topological polar surface area (TPSA) is 34.2 Å². The molecule has 1 unspecified atom stereocenters. The highest BCUT2D eigenvalue weighted by Gasteiger charge is 2.29. The van der Waals surface area contributed by atoms with Crippen molar-refractivity contribution in [2.45, 2.75) is 6.04 Å². The van der Waals surface area contributed by atoms with Crippen LogP contribution in [0.25, 0.3) is 87.3 Å². The summed E-state index contributed by atoms with van der Waals surface area (Å²) in [5, 5.41) is 16.3. The third kappa shape index (κ3) is 3.94. The number of rotatable bonds is 2. The highest BCUT2D eigenvalue weighted by Crippen LogP contribution is 2.50. The van der Waals surface area contributed by atoms with Gasteiger partial charge in [-0.05, 0) is 35.0 Å². The third-order valence-corrected chi connectivity index (χ3v) is 11.5. The van der Waals surface area contributed by atoms with Crippen LogP contribution in [0.3, 0.4) is 0 Å². The highest BCUT2D eigenvalue weighted by molar-refractivity contribution is 6.45. The van der Waals surface area contributed by atoms with Gasteiger partial charge < -0.3 is 9.88 Å². The minimum absolute atomic E-state index is 0.00907. The van der Waals surface area contributed by atoms with Crippen molar-refractivity contribution < 1.29 is 0 Å². The van der Waals surface area contributed by atoms with Crippen molar-refractivity contribution in [3.8, 4) is 5.69 Å². The van der Waals surface area contributed by atoms with Gasteiger partial charge in [-0.1, -0.05) is 158 Å². The molecule has 0 saturated heterocycles. The third-order valence-electron chi connectivity index (χ3n) is 11.5. The summed E-state index contributed by atoms with van der Waals surface area (Å²) < 4.78 is 4.86. The molecular formula is C50H32N4. The van der Waals surface area contributed by atoms with Crippen LogP contribution in [0.15, 0.2) is 193 Å². The van der Waals surface area contributed by atoms with Gasteiger partial charge >= 0.3 is 0 Å². The molecule has 3 heterocycles. The Kier molecular flexibility index (Phi) is 6.08. The fourth-order valence-electron chi connectivity index (χ4n) is 9.34. The predicted octanol–water partition coefficient (Wildman–Crippen LogP) is 12.1. The van der Waals surface area contributed by atoms with Crippen molar-refractivity contribution >= 4 is 87.6 Å². The first-order chi connectivity index (χ1) is 26.8. The van der Waals surface area contributed by atoms with Crippen LogP contribution in [0.4, 0.5) is 0 Å². The summed E-state index contributed by atoms with van der Waals surface area (Å²) in [6, 6.07) is 57.2. The van der Waals surface area contributed by atoms with Gasteiger partial charge in [0.2, 0.25) is 5.96 Å². The molecule has 1 atom stereocenters. The van der Waals surface area contributed by atoms with E-state index >= 15 is 0 Å². The average molecular weight is 689 g/mol. The van der Waals surface area contributed by atoms with E-state index in [1.165, 1.54) is 70.5 Å². The maximum absolute atomic E-state index is 5.52. The maximum Gasteiger partial charge on any atom is 0.209 e. The lowest BCUT2D eigenvalue weighted by Gasteiger charge is -2.29. The van der Waals surface area contributed by atoms with Gasteiger partial charge in [-0.2, -0.15) is 0 Å². The minimum atomic E-state index is -0.00907. The molecule has 54 heavy (non-hydrogen) atoms. The van der Waals surface area contributed by atoms with Crippen molar-refractivity contribution in [1.82, 2.24) is 14.5 Å². The zero-order valence-corrected chi connectivity index (χ0v) is 29.2. The SMILES string of the molecule is C1=CC2=C(c3ccccc3)N=C(n3c4ccccc4c4c5c6ccccc6c6c(c7ccccc7n6-c6ccccc6)c5c5ccccc5c43)NC2C=C1. The normalized spacial score (nSPS) is 15.6. The second-order valence-electron chi connectivity index (χ2n) is 14.3. The smallest absolute Gasteiger partial charge is 0.209 e. The summed E-state index contributed by atoms with van der Waals surface area (Å²) in [6.45, 7) is 0. The molecule has 0 radical (unpaired) electrons. The van der Waals surface area contributed by atoms with Crippen molar-refractivity contribution in [1.29, 1.82) is 0 Å². The van der Waals surface area contributed by atoms with Gasteiger partial charge in [0.05, 0.1) is 33.8 Å². The van der Waals surface area contributed by atoms with E-state index in [1.54, 1.807) is 0 Å². The van der Waals surface area contributed by atoms with Crippen LogP contribution in [-0.2, 0) is 0 Å². The Bertz CT molecular complexity index is 3340. The van der Waals surface area contributed by atoms with Crippen LogP contribution in [0.5, 0.6) is 0 Å². The fraction of sp³-hybridized carbons (Fsp3) is 0.0200. The molecule has 2 aromatic heterocycles. The first-order valence-corrected chi connectivity index (χ1v) is 18.6. The molecule has 10 aromatic rings. The van der Waals surface area contributed by atoms with Gasteiger partial charge in [0, 0.05) is 59.9 Å². The van der Waals surface area contributed by atoms with Crippen LogP contribution < -0.4 is 5.32 Å². The van der Waals surface area contributed by atoms with Crippen molar-refractivity contribution in [2.75, 3.05) is 0 Å². The number of nitrogens with one attached hydrogen (secondary N) is 1. The van der Waals surface area contributed by atoms with E-state index in [1.807, 2.05) is 0 Å². The Morgan fingerprint density at radius 3 is 1.57 bits per heavy atom. The van der Waals surface area contributed by atoms with Crippen molar-refractivity contribution in [2.24, 2.45) is 4.99 Å². The summed E-state index contributed by atoms with van der Waals surface area (Å²) in [7, 11) is 0. The molecule has 0 amide bonds. The molecule has 12 rings (SSSR count). The lowest BCUT2D eigenvalue weighted by Crippen LogP contribution is -2.42. The molecule has 8 aromatic carbocycles. The van der Waals surface area contributed by atoms with E-state index in [9.17, 15) is 0 Å². The molecule has 0 spiro atoms. The average Bonchev–Trinajstić information content (AvgIpc) is 3.78. The first-order valence-electron chi connectivity index (χ1n) is 18.6. The summed E-state index contributed by atoms with van der Waals surface area (Å²) in [4.78, 5) is 5.52. The van der Waals surface area contributed by atoms with Crippen LogP contribution in [0.1, 0.15) is 5.56 Å². The molecule has 252 valence electrons. The molecule has 1 aliphatic heterocycles. The van der Waals surface area contributed by atoms with E-state index in [0.29, 0.717) is 0 Å². The maximum atomic E-state index is 5.52. The standard InChI is InChI=1S/C50H32N4/c1-3-17-31(18-4-1)47-37-25-11-14-28-40(37)51-50(52-47)54-42-30-16-13-27-39(42)46-44-33-21-7-9-23-35(33)48-45(43(44)34-22-8-10-24-36(34)49(46)54)38-26-12-15-29-41(38)53(48)32-19-5-2-6-20-32/h1-30,40H,(H,51,52). The molecule has 0 saturated carbocycles. The second-order valence-corrected chi connectivity index (χ2v) is 14.3. The molecule has 2 aliphatic rings. The van der Waals surface area contributed by atoms with E-state index in [4.69, 9.17) is 4.99 Å². The van der Waals surface area contributed by atoms with E-state index in [-0.39, 0.29) is 6.04 Å². The largest absolute Gasteiger partial charge is 0.345 e. The molecular weight excluding hydrogens is 657 g/mol. The van der Waals surface area contributed by atoms with Crippen LogP contribution in [0, 0.1) is 0 Å². The van der Waals surface area contributed by atoms with Crippen LogP contribution in [0.2, 0.25) is 0 Å². The number of allylic oxidation sites excluding steroid dienone is 2. The summed E-state index contributed by atoms with van der Waals surface area (Å²) in [5.74, 6) is 0.823. The van der Waals surface area contributed by atoms with Crippen molar-refractivity contribution in [3.63, 3.8) is 0 Å². The first kappa shape index (κ1) is 29.4. The zero-order chi connectivity index (χ0) is 35.3. The van der Waals surface area contributed by atoms with Gasteiger partial charge in [-0.3, -0.25) is 4.57 Å². The van der Waals surface area contributed by atoms with E-state index in [2.05, 4.69) is 196 Å². The molecule has 4 nitrogen and oxygen atoms in total. The number of para-hydroxylation sites is 3. The van der Waals surface area contributed by atoms with E-state index < -0.39 is 0 Å². The number of benzene rings is 8. The molecule has 1 N–H and O–H groups in total. The van der Waals surface area contributed by atoms with Crippen molar-refractivity contribution in [3.05, 3.63) is 193 Å². The molecule has 1 aliphatic carbocycles. The Labute approximate surface area is 310 Å². The van der Waals surface area contributed by atoms with Gasteiger partial charge in [-0.15, -0.1) is 0 Å². The Morgan fingerprint density at radius 2 is 0.944 bits per heavy atom. The molecule has 0 bridgehead atoms. The number of hydrogen-bond acceptors (Lipinski definition) is 2. The zero-order valence-electron chi connectivity index (χ0n) is 29.2. The van der Waals surface area contributed by atoms with E-state index in [0.717, 1.165) is 33.9 Å². The Balaban J connectivity index is 1.32. The number of aromatic nitrogens is 2. The number of fused-ring (bicyclic) bond motifs is 16. The Morgan fingerprint density at radius 1 is 0.444 bits per heavy atom. The summed E-state index contributed by atoms with van der Waals surface area (Å²) in [6.07, 6.45) is 8.67. The Hall–Kier alpha value is -7.17. The minimum Gasteiger partial charge on any atom is -0.345 e. The number of nitrogens with zero attached hydrogens (tertiary/aromatic N) is 3. The second kappa shape index (κ2) is 11.2. The fourth-order valence-corrected chi connectivity index (χ4v) is 9.34. The highest BCUT2D eigenvalue weighted by atomic mass is 15.2. The molecule has 4 heteroatoms. The summed E-state index contributed by atoms with van der Waals surface area (Å²) in [5.41, 5.74) is 9.15. The van der Waals surface area contributed by atoms with Gasteiger partial charge in [0.25, 0.3) is 0 Å².